The summed E-state index contributed by atoms with van der Waals surface area (Å²) >= 11 is 6.08. The lowest BCUT2D eigenvalue weighted by Crippen LogP contribution is -2.30. The number of carboxylic acid groups (broad SMARTS) is 1. The van der Waals surface area contributed by atoms with Crippen LogP contribution in [0.1, 0.15) is 24.3 Å². The number of nitrogens with one attached hydrogen (secondary N) is 2. The molecule has 0 saturated carbocycles. The van der Waals surface area contributed by atoms with Crippen LogP contribution >= 0.6 is 11.6 Å². The van der Waals surface area contributed by atoms with Gasteiger partial charge in [-0.05, 0) is 26.0 Å². The zero-order valence-corrected chi connectivity index (χ0v) is 11.7. The van der Waals surface area contributed by atoms with E-state index in [0.717, 1.165) is 0 Å². The number of hydrogen-bond donors (Lipinski definition) is 4. The molecule has 6 nitrogen and oxygen atoms in total. The number of H-pyrrole nitrogens is 1. The van der Waals surface area contributed by atoms with Crippen molar-refractivity contribution >= 4 is 23.4 Å². The molecule has 0 amide bonds. The highest BCUT2D eigenvalue weighted by molar-refractivity contribution is 6.33. The number of anilines is 1. The van der Waals surface area contributed by atoms with E-state index in [1.807, 2.05) is 0 Å². The number of aromatic carboxylic acids is 1. The van der Waals surface area contributed by atoms with E-state index in [4.69, 9.17) is 16.7 Å². The molecular weight excluding hydrogens is 282 g/mol. The second-order valence-corrected chi connectivity index (χ2v) is 5.25. The second-order valence-electron chi connectivity index (χ2n) is 4.84. The van der Waals surface area contributed by atoms with Crippen LogP contribution < -0.4 is 5.32 Å². The summed E-state index contributed by atoms with van der Waals surface area (Å²) in [4.78, 5) is 17.6. The van der Waals surface area contributed by atoms with Crippen LogP contribution in [0, 0.1) is 0 Å². The fourth-order valence-corrected chi connectivity index (χ4v) is 1.93. The van der Waals surface area contributed by atoms with Gasteiger partial charge >= 0.3 is 5.97 Å². The largest absolute Gasteiger partial charge is 0.477 e. The molecule has 0 aliphatic heterocycles. The minimum Gasteiger partial charge on any atom is -0.477 e. The molecule has 0 radical (unpaired) electrons. The third kappa shape index (κ3) is 3.28. The van der Waals surface area contributed by atoms with E-state index >= 15 is 0 Å². The van der Waals surface area contributed by atoms with Crippen molar-refractivity contribution in [2.75, 3.05) is 5.32 Å². The Morgan fingerprint density at radius 2 is 2.15 bits per heavy atom. The molecular formula is C13H14ClN3O3. The molecule has 0 spiro atoms. The van der Waals surface area contributed by atoms with Gasteiger partial charge in [0, 0.05) is 23.5 Å². The SMILES string of the molecule is CC(C)(O)Nc1cc(-c2c[nH]c(C(=O)O)c2)c(Cl)cn1. The van der Waals surface area contributed by atoms with Crippen molar-refractivity contribution in [3.63, 3.8) is 0 Å². The van der Waals surface area contributed by atoms with Gasteiger partial charge in [-0.1, -0.05) is 11.6 Å². The molecule has 106 valence electrons. The summed E-state index contributed by atoms with van der Waals surface area (Å²) in [6.07, 6.45) is 3.00. The Morgan fingerprint density at radius 1 is 1.45 bits per heavy atom. The number of nitrogens with zero attached hydrogens (tertiary/aromatic N) is 1. The molecule has 2 aromatic heterocycles. The van der Waals surface area contributed by atoms with Gasteiger partial charge in [0.05, 0.1) is 5.02 Å². The van der Waals surface area contributed by atoms with Crippen LogP contribution in [0.4, 0.5) is 5.82 Å². The number of aromatic nitrogens is 2. The maximum absolute atomic E-state index is 10.9. The summed E-state index contributed by atoms with van der Waals surface area (Å²) in [5.74, 6) is -0.605. The van der Waals surface area contributed by atoms with Crippen molar-refractivity contribution in [2.24, 2.45) is 0 Å². The van der Waals surface area contributed by atoms with Crippen LogP contribution in [0.25, 0.3) is 11.1 Å². The van der Waals surface area contributed by atoms with Gasteiger partial charge in [-0.3, -0.25) is 0 Å². The maximum atomic E-state index is 10.9. The van der Waals surface area contributed by atoms with Crippen LogP contribution in [-0.4, -0.2) is 31.9 Å². The molecule has 0 fully saturated rings. The first-order valence-electron chi connectivity index (χ1n) is 5.84. The fraction of sp³-hybridized carbons (Fsp3) is 0.231. The number of carboxylic acids is 1. The summed E-state index contributed by atoms with van der Waals surface area (Å²) in [5.41, 5.74) is 0.207. The summed E-state index contributed by atoms with van der Waals surface area (Å²) in [6.45, 7) is 3.17. The topological polar surface area (TPSA) is 98.2 Å². The molecule has 2 heterocycles. The van der Waals surface area contributed by atoms with Gasteiger partial charge in [0.2, 0.25) is 0 Å². The van der Waals surface area contributed by atoms with Crippen molar-refractivity contribution in [3.05, 3.63) is 35.2 Å². The smallest absolute Gasteiger partial charge is 0.352 e. The molecule has 20 heavy (non-hydrogen) atoms. The Labute approximate surface area is 120 Å². The number of hydrogen-bond acceptors (Lipinski definition) is 4. The predicted molar refractivity (Wildman–Crippen MR) is 75.9 cm³/mol. The summed E-state index contributed by atoms with van der Waals surface area (Å²) in [7, 11) is 0. The molecule has 0 saturated heterocycles. The highest BCUT2D eigenvalue weighted by Gasteiger charge is 2.15. The average Bonchev–Trinajstić information content (AvgIpc) is 2.79. The zero-order chi connectivity index (χ0) is 14.9. The standard InChI is InChI=1S/C13H14ClN3O3/c1-13(2,20)17-11-4-8(9(14)6-16-11)7-3-10(12(18)19)15-5-7/h3-6,15,20H,1-2H3,(H,16,17)(H,18,19). The van der Waals surface area contributed by atoms with Crippen LogP contribution in [0.15, 0.2) is 24.5 Å². The molecule has 2 aromatic rings. The monoisotopic (exact) mass is 295 g/mol. The van der Waals surface area contributed by atoms with E-state index in [1.54, 1.807) is 26.1 Å². The molecule has 2 rings (SSSR count). The van der Waals surface area contributed by atoms with Gasteiger partial charge in [0.25, 0.3) is 0 Å². The summed E-state index contributed by atoms with van der Waals surface area (Å²) in [5, 5.41) is 21.8. The van der Waals surface area contributed by atoms with E-state index in [9.17, 15) is 9.90 Å². The van der Waals surface area contributed by atoms with E-state index in [2.05, 4.69) is 15.3 Å². The number of aliphatic hydroxyl groups is 1. The third-order valence-corrected chi connectivity index (χ3v) is 2.81. The van der Waals surface area contributed by atoms with Crippen LogP contribution in [0.5, 0.6) is 0 Å². The molecule has 7 heteroatoms. The van der Waals surface area contributed by atoms with Gasteiger partial charge in [0.15, 0.2) is 0 Å². The molecule has 0 atom stereocenters. The van der Waals surface area contributed by atoms with E-state index in [1.165, 1.54) is 12.3 Å². The number of halogens is 1. The molecule has 4 N–H and O–H groups in total. The van der Waals surface area contributed by atoms with Gasteiger partial charge < -0.3 is 20.5 Å². The molecule has 0 aromatic carbocycles. The lowest BCUT2D eigenvalue weighted by Gasteiger charge is -2.20. The number of rotatable bonds is 4. The van der Waals surface area contributed by atoms with Crippen LogP contribution in [0.2, 0.25) is 5.02 Å². The quantitative estimate of drug-likeness (QED) is 0.650. The maximum Gasteiger partial charge on any atom is 0.352 e. The van der Waals surface area contributed by atoms with E-state index in [0.29, 0.717) is 22.0 Å². The van der Waals surface area contributed by atoms with Gasteiger partial charge in [-0.2, -0.15) is 0 Å². The van der Waals surface area contributed by atoms with Gasteiger partial charge in [0.1, 0.15) is 17.2 Å². The Morgan fingerprint density at radius 3 is 2.70 bits per heavy atom. The molecule has 0 aliphatic rings. The van der Waals surface area contributed by atoms with Crippen molar-refractivity contribution in [3.8, 4) is 11.1 Å². The number of carbonyl (C=O) groups is 1. The van der Waals surface area contributed by atoms with Crippen molar-refractivity contribution in [1.82, 2.24) is 9.97 Å². The normalized spacial score (nSPS) is 11.4. The zero-order valence-electron chi connectivity index (χ0n) is 10.9. The number of pyridine rings is 1. The van der Waals surface area contributed by atoms with Crippen LogP contribution in [-0.2, 0) is 0 Å². The molecule has 0 aliphatic carbocycles. The highest BCUT2D eigenvalue weighted by atomic mass is 35.5. The summed E-state index contributed by atoms with van der Waals surface area (Å²) < 4.78 is 0. The number of aromatic amines is 1. The minimum absolute atomic E-state index is 0.0740. The Hall–Kier alpha value is -2.05. The highest BCUT2D eigenvalue weighted by Crippen LogP contribution is 2.30. The Balaban J connectivity index is 2.39. The lowest BCUT2D eigenvalue weighted by molar-refractivity contribution is 0.0691. The average molecular weight is 296 g/mol. The minimum atomic E-state index is -1.12. The Kier molecular flexibility index (Phi) is 3.69. The Bertz CT molecular complexity index is 647. The predicted octanol–water partition coefficient (Wildman–Crippen LogP) is 2.57. The summed E-state index contributed by atoms with van der Waals surface area (Å²) in [6, 6.07) is 3.13. The fourth-order valence-electron chi connectivity index (χ4n) is 1.71. The molecule has 0 unspecified atom stereocenters. The van der Waals surface area contributed by atoms with Crippen LogP contribution in [0.3, 0.4) is 0 Å². The molecule has 0 bridgehead atoms. The first-order chi connectivity index (χ1) is 9.26. The van der Waals surface area contributed by atoms with Crippen molar-refractivity contribution in [2.45, 2.75) is 19.6 Å². The van der Waals surface area contributed by atoms with Gasteiger partial charge in [-0.25, -0.2) is 9.78 Å². The second kappa shape index (κ2) is 5.15. The van der Waals surface area contributed by atoms with Crippen molar-refractivity contribution in [1.29, 1.82) is 0 Å². The van der Waals surface area contributed by atoms with E-state index < -0.39 is 11.7 Å². The first kappa shape index (κ1) is 14.4. The lowest BCUT2D eigenvalue weighted by atomic mass is 10.1. The van der Waals surface area contributed by atoms with Gasteiger partial charge in [-0.15, -0.1) is 0 Å². The van der Waals surface area contributed by atoms with E-state index in [-0.39, 0.29) is 5.69 Å². The first-order valence-corrected chi connectivity index (χ1v) is 6.22. The third-order valence-electron chi connectivity index (χ3n) is 2.51. The van der Waals surface area contributed by atoms with Crippen molar-refractivity contribution < 1.29 is 15.0 Å².